The molecule has 1 heterocycles. The lowest BCUT2D eigenvalue weighted by Gasteiger charge is -2.14. The number of nitrogens with zero attached hydrogens (tertiary/aromatic N) is 2. The molecule has 1 atom stereocenters. The highest BCUT2D eigenvalue weighted by Crippen LogP contribution is 2.27. The van der Waals surface area contributed by atoms with Crippen LogP contribution in [0.15, 0.2) is 27.8 Å². The molecule has 1 aromatic heterocycles. The lowest BCUT2D eigenvalue weighted by atomic mass is 10.2. The summed E-state index contributed by atoms with van der Waals surface area (Å²) in [5, 5.41) is 9.60. The van der Waals surface area contributed by atoms with Crippen LogP contribution >= 0.6 is 27.7 Å². The summed E-state index contributed by atoms with van der Waals surface area (Å²) in [6.07, 6.45) is 0. The first-order valence-electron chi connectivity index (χ1n) is 6.50. The molecule has 0 saturated heterocycles. The van der Waals surface area contributed by atoms with Gasteiger partial charge in [-0.3, -0.25) is 4.79 Å². The molecule has 0 spiro atoms. The molecule has 0 aliphatic heterocycles. The molecular formula is C14H17BrN2O3S. The van der Waals surface area contributed by atoms with Gasteiger partial charge in [-0.15, -0.1) is 0 Å². The van der Waals surface area contributed by atoms with Crippen molar-refractivity contribution in [2.75, 3.05) is 19.5 Å². The lowest BCUT2D eigenvalue weighted by molar-refractivity contribution is -0.133. The van der Waals surface area contributed by atoms with Crippen LogP contribution in [0.3, 0.4) is 0 Å². The average molecular weight is 373 g/mol. The number of ether oxygens (including phenoxy) is 1. The molecule has 21 heavy (non-hydrogen) atoms. The fraction of sp³-hybridized carbons (Fsp3) is 0.429. The fourth-order valence-electron chi connectivity index (χ4n) is 2.14. The highest BCUT2D eigenvalue weighted by Gasteiger charge is 2.15. The third kappa shape index (κ3) is 4.21. The molecule has 1 unspecified atom stereocenters. The summed E-state index contributed by atoms with van der Waals surface area (Å²) in [5.41, 5.74) is 1.87. The van der Waals surface area contributed by atoms with Gasteiger partial charge in [0.25, 0.3) is 0 Å². The number of halogens is 1. The monoisotopic (exact) mass is 372 g/mol. The lowest BCUT2D eigenvalue weighted by Crippen LogP contribution is -2.13. The molecule has 7 heteroatoms. The van der Waals surface area contributed by atoms with E-state index in [1.54, 1.807) is 7.11 Å². The summed E-state index contributed by atoms with van der Waals surface area (Å²) in [7, 11) is 1.68. The van der Waals surface area contributed by atoms with Gasteiger partial charge < -0.3 is 14.4 Å². The zero-order valence-corrected chi connectivity index (χ0v) is 14.3. The Labute approximate surface area is 135 Å². The van der Waals surface area contributed by atoms with Crippen LogP contribution in [0, 0.1) is 5.92 Å². The molecule has 2 aromatic rings. The number of aliphatic carboxylic acids is 1. The number of carbonyl (C=O) groups is 1. The second-order valence-corrected chi connectivity index (χ2v) is 6.74. The van der Waals surface area contributed by atoms with E-state index in [-0.39, 0.29) is 5.75 Å². The van der Waals surface area contributed by atoms with Crippen molar-refractivity contribution >= 4 is 44.7 Å². The number of thioether (sulfide) groups is 1. The quantitative estimate of drug-likeness (QED) is 0.755. The maximum Gasteiger partial charge on any atom is 0.313 e. The smallest absolute Gasteiger partial charge is 0.313 e. The number of fused-ring (bicyclic) bond motifs is 1. The van der Waals surface area contributed by atoms with Gasteiger partial charge in [-0.2, -0.15) is 0 Å². The van der Waals surface area contributed by atoms with Crippen LogP contribution in [-0.2, 0) is 16.1 Å². The number of hydrogen-bond donors (Lipinski definition) is 1. The molecular weight excluding hydrogens is 356 g/mol. The Kier molecular flexibility index (Phi) is 5.66. The molecule has 114 valence electrons. The standard InChI is InChI=1S/C14H17BrN2O3S/c1-9(7-20-2)6-17-12-4-3-10(15)5-11(12)16-14(17)21-8-13(18)19/h3-5,9H,6-8H2,1-2H3,(H,18,19). The number of aromatic nitrogens is 2. The molecule has 0 amide bonds. The second-order valence-electron chi connectivity index (χ2n) is 4.88. The fourth-order valence-corrected chi connectivity index (χ4v) is 3.24. The first-order valence-corrected chi connectivity index (χ1v) is 8.28. The van der Waals surface area contributed by atoms with Crippen molar-refractivity contribution in [3.63, 3.8) is 0 Å². The first kappa shape index (κ1) is 16.3. The van der Waals surface area contributed by atoms with Crippen LogP contribution < -0.4 is 0 Å². The molecule has 0 aliphatic rings. The highest BCUT2D eigenvalue weighted by atomic mass is 79.9. The third-order valence-electron chi connectivity index (χ3n) is 2.95. The van der Waals surface area contributed by atoms with E-state index in [2.05, 4.69) is 32.4 Å². The predicted molar refractivity (Wildman–Crippen MR) is 86.8 cm³/mol. The predicted octanol–water partition coefficient (Wildman–Crippen LogP) is 3.26. The van der Waals surface area contributed by atoms with E-state index in [0.717, 1.165) is 27.2 Å². The number of imidazole rings is 1. The molecule has 0 aliphatic carbocycles. The van der Waals surface area contributed by atoms with Crippen LogP contribution in [0.4, 0.5) is 0 Å². The van der Waals surface area contributed by atoms with E-state index >= 15 is 0 Å². The van der Waals surface area contributed by atoms with Gasteiger partial charge in [0, 0.05) is 18.1 Å². The van der Waals surface area contributed by atoms with E-state index in [1.165, 1.54) is 11.8 Å². The van der Waals surface area contributed by atoms with Gasteiger partial charge in [0.2, 0.25) is 0 Å². The van der Waals surface area contributed by atoms with Crippen molar-refractivity contribution in [2.45, 2.75) is 18.6 Å². The summed E-state index contributed by atoms with van der Waals surface area (Å²) < 4.78 is 8.21. The second kappa shape index (κ2) is 7.29. The van der Waals surface area contributed by atoms with E-state index in [9.17, 15) is 4.79 Å². The largest absolute Gasteiger partial charge is 0.481 e. The van der Waals surface area contributed by atoms with Gasteiger partial charge in [0.05, 0.1) is 23.4 Å². The van der Waals surface area contributed by atoms with Crippen molar-refractivity contribution in [3.8, 4) is 0 Å². The Hall–Kier alpha value is -1.05. The number of hydrogen-bond acceptors (Lipinski definition) is 4. The zero-order valence-electron chi connectivity index (χ0n) is 11.9. The SMILES string of the molecule is COCC(C)Cn1c(SCC(=O)O)nc2cc(Br)ccc21. The van der Waals surface area contributed by atoms with Crippen molar-refractivity contribution in [2.24, 2.45) is 5.92 Å². The van der Waals surface area contributed by atoms with Crippen LogP contribution in [0.25, 0.3) is 11.0 Å². The van der Waals surface area contributed by atoms with Gasteiger partial charge in [0.1, 0.15) is 0 Å². The Morgan fingerprint density at radius 3 is 3.00 bits per heavy atom. The molecule has 2 rings (SSSR count). The average Bonchev–Trinajstić information content (AvgIpc) is 2.74. The van der Waals surface area contributed by atoms with E-state index in [1.807, 2.05) is 18.2 Å². The molecule has 1 N–H and O–H groups in total. The van der Waals surface area contributed by atoms with Crippen LogP contribution in [0.1, 0.15) is 6.92 Å². The topological polar surface area (TPSA) is 64.3 Å². The summed E-state index contributed by atoms with van der Waals surface area (Å²) in [6.45, 7) is 3.49. The summed E-state index contributed by atoms with van der Waals surface area (Å²) in [4.78, 5) is 15.3. The van der Waals surface area contributed by atoms with Crippen LogP contribution in [0.5, 0.6) is 0 Å². The molecule has 0 radical (unpaired) electrons. The molecule has 5 nitrogen and oxygen atoms in total. The van der Waals surface area contributed by atoms with E-state index in [0.29, 0.717) is 12.5 Å². The minimum Gasteiger partial charge on any atom is -0.481 e. The van der Waals surface area contributed by atoms with Crippen molar-refractivity contribution in [3.05, 3.63) is 22.7 Å². The van der Waals surface area contributed by atoms with E-state index < -0.39 is 5.97 Å². The van der Waals surface area contributed by atoms with Gasteiger partial charge in [0.15, 0.2) is 5.16 Å². The number of rotatable bonds is 7. The maximum atomic E-state index is 10.8. The Morgan fingerprint density at radius 1 is 1.57 bits per heavy atom. The summed E-state index contributed by atoms with van der Waals surface area (Å²) in [5.74, 6) is -0.520. The van der Waals surface area contributed by atoms with Crippen molar-refractivity contribution in [1.29, 1.82) is 0 Å². The first-order chi connectivity index (χ1) is 10.0. The van der Waals surface area contributed by atoms with Crippen molar-refractivity contribution < 1.29 is 14.6 Å². The highest BCUT2D eigenvalue weighted by molar-refractivity contribution is 9.10. The van der Waals surface area contributed by atoms with Gasteiger partial charge in [-0.1, -0.05) is 34.6 Å². The number of carboxylic acid groups (broad SMARTS) is 1. The van der Waals surface area contributed by atoms with Crippen LogP contribution in [-0.4, -0.2) is 40.1 Å². The summed E-state index contributed by atoms with van der Waals surface area (Å²) in [6, 6.07) is 5.90. The Bertz CT molecular complexity index is 644. The van der Waals surface area contributed by atoms with Crippen LogP contribution in [0.2, 0.25) is 0 Å². The Morgan fingerprint density at radius 2 is 2.33 bits per heavy atom. The maximum absolute atomic E-state index is 10.8. The molecule has 0 bridgehead atoms. The minimum atomic E-state index is -0.843. The number of benzene rings is 1. The molecule has 0 saturated carbocycles. The zero-order chi connectivity index (χ0) is 15.4. The van der Waals surface area contributed by atoms with E-state index in [4.69, 9.17) is 9.84 Å². The number of methoxy groups -OCH3 is 1. The minimum absolute atomic E-state index is 0.00313. The third-order valence-corrected chi connectivity index (χ3v) is 4.40. The van der Waals surface area contributed by atoms with Gasteiger partial charge in [-0.25, -0.2) is 4.98 Å². The van der Waals surface area contributed by atoms with Crippen molar-refractivity contribution in [1.82, 2.24) is 9.55 Å². The van der Waals surface area contributed by atoms with Gasteiger partial charge >= 0.3 is 5.97 Å². The number of carboxylic acids is 1. The normalized spacial score (nSPS) is 12.7. The molecule has 1 aromatic carbocycles. The Balaban J connectivity index is 2.36. The van der Waals surface area contributed by atoms with Gasteiger partial charge in [-0.05, 0) is 24.1 Å². The summed E-state index contributed by atoms with van der Waals surface area (Å²) >= 11 is 4.68. The molecule has 0 fully saturated rings.